The number of halogens is 1. The molecule has 1 N–H and O–H groups in total. The van der Waals surface area contributed by atoms with Crippen LogP contribution in [0.25, 0.3) is 0 Å². The van der Waals surface area contributed by atoms with E-state index >= 15 is 0 Å². The van der Waals surface area contributed by atoms with E-state index in [2.05, 4.69) is 12.2 Å². The first-order valence-electron chi connectivity index (χ1n) is 6.73. The molecule has 1 unspecified atom stereocenters. The van der Waals surface area contributed by atoms with Gasteiger partial charge in [0.1, 0.15) is 5.82 Å². The van der Waals surface area contributed by atoms with Gasteiger partial charge in [0.2, 0.25) is 0 Å². The van der Waals surface area contributed by atoms with E-state index in [4.69, 9.17) is 4.74 Å². The summed E-state index contributed by atoms with van der Waals surface area (Å²) in [5, 5.41) is 3.54. The molecule has 0 aliphatic rings. The van der Waals surface area contributed by atoms with Crippen LogP contribution >= 0.6 is 0 Å². The van der Waals surface area contributed by atoms with E-state index in [1.807, 2.05) is 12.1 Å². The van der Waals surface area contributed by atoms with Gasteiger partial charge in [-0.3, -0.25) is 0 Å². The fourth-order valence-electron chi connectivity index (χ4n) is 2.00. The number of methoxy groups -OCH3 is 1. The molecule has 1 aromatic carbocycles. The zero-order valence-corrected chi connectivity index (χ0v) is 11.4. The molecule has 102 valence electrons. The van der Waals surface area contributed by atoms with E-state index in [-0.39, 0.29) is 5.82 Å². The third-order valence-corrected chi connectivity index (χ3v) is 2.98. The molecule has 0 amide bonds. The van der Waals surface area contributed by atoms with E-state index in [9.17, 15) is 4.39 Å². The van der Waals surface area contributed by atoms with Gasteiger partial charge in [0.05, 0.1) is 0 Å². The van der Waals surface area contributed by atoms with Crippen LogP contribution in [0.3, 0.4) is 0 Å². The van der Waals surface area contributed by atoms with Crippen LogP contribution in [-0.4, -0.2) is 26.3 Å². The van der Waals surface area contributed by atoms with Crippen LogP contribution in [0.5, 0.6) is 0 Å². The average molecular weight is 253 g/mol. The van der Waals surface area contributed by atoms with Crippen LogP contribution < -0.4 is 5.32 Å². The van der Waals surface area contributed by atoms with Gasteiger partial charge < -0.3 is 10.1 Å². The Kier molecular flexibility index (Phi) is 7.62. The summed E-state index contributed by atoms with van der Waals surface area (Å²) in [6.45, 7) is 3.99. The van der Waals surface area contributed by atoms with E-state index in [0.29, 0.717) is 6.04 Å². The minimum Gasteiger partial charge on any atom is -0.385 e. The van der Waals surface area contributed by atoms with Crippen LogP contribution in [0.15, 0.2) is 24.3 Å². The molecular weight excluding hydrogens is 229 g/mol. The smallest absolute Gasteiger partial charge is 0.123 e. The molecule has 0 fully saturated rings. The molecule has 1 rings (SSSR count). The first-order chi connectivity index (χ1) is 8.76. The minimum absolute atomic E-state index is 0.170. The molecule has 0 aliphatic heterocycles. The monoisotopic (exact) mass is 253 g/mol. The largest absolute Gasteiger partial charge is 0.385 e. The van der Waals surface area contributed by atoms with Gasteiger partial charge in [0.25, 0.3) is 0 Å². The lowest BCUT2D eigenvalue weighted by Gasteiger charge is -2.18. The molecule has 0 spiro atoms. The lowest BCUT2D eigenvalue weighted by atomic mass is 10.0. The summed E-state index contributed by atoms with van der Waals surface area (Å²) in [6, 6.07) is 7.24. The average Bonchev–Trinajstić information content (AvgIpc) is 2.38. The Hall–Kier alpha value is -0.930. The second-order valence-corrected chi connectivity index (χ2v) is 4.62. The van der Waals surface area contributed by atoms with Gasteiger partial charge in [0.15, 0.2) is 0 Å². The Bertz CT molecular complexity index is 313. The van der Waals surface area contributed by atoms with Crippen LogP contribution in [0.2, 0.25) is 0 Å². The summed E-state index contributed by atoms with van der Waals surface area (Å²) in [5.74, 6) is -0.170. The Morgan fingerprint density at radius 3 is 2.61 bits per heavy atom. The fraction of sp³-hybridized carbons (Fsp3) is 0.600. The fourth-order valence-corrected chi connectivity index (χ4v) is 2.00. The number of rotatable bonds is 9. The van der Waals surface area contributed by atoms with Crippen molar-refractivity contribution in [1.29, 1.82) is 0 Å². The lowest BCUT2D eigenvalue weighted by Crippen LogP contribution is -2.32. The molecule has 0 saturated carbocycles. The molecule has 0 aliphatic carbocycles. The molecule has 0 saturated heterocycles. The van der Waals surface area contributed by atoms with Gasteiger partial charge in [0, 0.05) is 19.8 Å². The van der Waals surface area contributed by atoms with Crippen molar-refractivity contribution in [1.82, 2.24) is 5.32 Å². The zero-order chi connectivity index (χ0) is 13.2. The molecule has 1 aromatic rings. The summed E-state index contributed by atoms with van der Waals surface area (Å²) < 4.78 is 17.9. The summed E-state index contributed by atoms with van der Waals surface area (Å²) in [7, 11) is 1.73. The molecule has 0 radical (unpaired) electrons. The molecule has 0 aromatic heterocycles. The van der Waals surface area contributed by atoms with Crippen molar-refractivity contribution in [3.8, 4) is 0 Å². The Morgan fingerprint density at radius 1 is 1.28 bits per heavy atom. The SMILES string of the molecule is CCCNC(CCCOC)Cc1ccc(F)cc1. The van der Waals surface area contributed by atoms with Gasteiger partial charge in [-0.1, -0.05) is 19.1 Å². The van der Waals surface area contributed by atoms with Crippen molar-refractivity contribution in [2.24, 2.45) is 0 Å². The van der Waals surface area contributed by atoms with Crippen LogP contribution in [0, 0.1) is 5.82 Å². The number of hydrogen-bond donors (Lipinski definition) is 1. The highest BCUT2D eigenvalue weighted by Crippen LogP contribution is 2.09. The quantitative estimate of drug-likeness (QED) is 0.683. The summed E-state index contributed by atoms with van der Waals surface area (Å²) in [6.07, 6.45) is 4.22. The highest BCUT2D eigenvalue weighted by atomic mass is 19.1. The maximum absolute atomic E-state index is 12.8. The number of nitrogens with one attached hydrogen (secondary N) is 1. The van der Waals surface area contributed by atoms with E-state index in [1.54, 1.807) is 7.11 Å². The Labute approximate surface area is 110 Å². The molecule has 0 heterocycles. The second-order valence-electron chi connectivity index (χ2n) is 4.62. The number of benzene rings is 1. The van der Waals surface area contributed by atoms with E-state index in [1.165, 1.54) is 17.7 Å². The van der Waals surface area contributed by atoms with Gasteiger partial charge in [-0.2, -0.15) is 0 Å². The van der Waals surface area contributed by atoms with Crippen molar-refractivity contribution in [2.75, 3.05) is 20.3 Å². The highest BCUT2D eigenvalue weighted by molar-refractivity contribution is 5.17. The van der Waals surface area contributed by atoms with Crippen molar-refractivity contribution in [3.05, 3.63) is 35.6 Å². The Morgan fingerprint density at radius 2 is 2.00 bits per heavy atom. The number of hydrogen-bond acceptors (Lipinski definition) is 2. The van der Waals surface area contributed by atoms with Gasteiger partial charge in [-0.05, 0) is 49.9 Å². The second kappa shape index (κ2) is 9.06. The third-order valence-electron chi connectivity index (χ3n) is 2.98. The topological polar surface area (TPSA) is 21.3 Å². The maximum atomic E-state index is 12.8. The standard InChI is InChI=1S/C15H24FNO/c1-3-10-17-15(5-4-11-18-2)12-13-6-8-14(16)9-7-13/h6-9,15,17H,3-5,10-12H2,1-2H3. The molecule has 1 atom stereocenters. The van der Waals surface area contributed by atoms with E-state index < -0.39 is 0 Å². The van der Waals surface area contributed by atoms with Gasteiger partial charge >= 0.3 is 0 Å². The van der Waals surface area contributed by atoms with Crippen LogP contribution in [-0.2, 0) is 11.2 Å². The van der Waals surface area contributed by atoms with Crippen LogP contribution in [0.1, 0.15) is 31.7 Å². The molecule has 18 heavy (non-hydrogen) atoms. The van der Waals surface area contributed by atoms with Gasteiger partial charge in [-0.25, -0.2) is 4.39 Å². The van der Waals surface area contributed by atoms with Gasteiger partial charge in [-0.15, -0.1) is 0 Å². The predicted molar refractivity (Wildman–Crippen MR) is 73.3 cm³/mol. The lowest BCUT2D eigenvalue weighted by molar-refractivity contribution is 0.188. The molecule has 2 nitrogen and oxygen atoms in total. The summed E-state index contributed by atoms with van der Waals surface area (Å²) >= 11 is 0. The van der Waals surface area contributed by atoms with Crippen molar-refractivity contribution < 1.29 is 9.13 Å². The summed E-state index contributed by atoms with van der Waals surface area (Å²) in [5.41, 5.74) is 1.18. The Balaban J connectivity index is 2.45. The first kappa shape index (κ1) is 15.1. The minimum atomic E-state index is -0.170. The molecular formula is C15H24FNO. The third kappa shape index (κ3) is 6.12. The predicted octanol–water partition coefficient (Wildman–Crippen LogP) is 3.16. The zero-order valence-electron chi connectivity index (χ0n) is 11.4. The van der Waals surface area contributed by atoms with Crippen molar-refractivity contribution >= 4 is 0 Å². The van der Waals surface area contributed by atoms with Crippen molar-refractivity contribution in [2.45, 2.75) is 38.6 Å². The molecule has 3 heteroatoms. The van der Waals surface area contributed by atoms with Crippen LogP contribution in [0.4, 0.5) is 4.39 Å². The normalized spacial score (nSPS) is 12.6. The maximum Gasteiger partial charge on any atom is 0.123 e. The molecule has 0 bridgehead atoms. The number of ether oxygens (including phenoxy) is 1. The first-order valence-corrected chi connectivity index (χ1v) is 6.73. The van der Waals surface area contributed by atoms with E-state index in [0.717, 1.165) is 38.8 Å². The van der Waals surface area contributed by atoms with Crippen molar-refractivity contribution in [3.63, 3.8) is 0 Å². The highest BCUT2D eigenvalue weighted by Gasteiger charge is 2.08. The summed E-state index contributed by atoms with van der Waals surface area (Å²) in [4.78, 5) is 0.